The molecule has 2 amide bonds. The fourth-order valence-corrected chi connectivity index (χ4v) is 4.06. The summed E-state index contributed by atoms with van der Waals surface area (Å²) in [5.74, 6) is -0.394. The first-order chi connectivity index (χ1) is 14.6. The summed E-state index contributed by atoms with van der Waals surface area (Å²) in [6.45, 7) is 1.30. The number of ether oxygens (including phenoxy) is 1. The van der Waals surface area contributed by atoms with Crippen molar-refractivity contribution in [1.82, 2.24) is 10.2 Å². The average Bonchev–Trinajstić information content (AvgIpc) is 2.75. The molecule has 1 atom stereocenters. The number of likely N-dealkylation sites (N-methyl/N-ethyl adjacent to an activating group) is 1. The van der Waals surface area contributed by atoms with Crippen LogP contribution >= 0.6 is 15.9 Å². The molecule has 2 aromatic rings. The zero-order valence-corrected chi connectivity index (χ0v) is 20.2. The second-order valence-electron chi connectivity index (χ2n) is 6.91. The number of nitrogens with zero attached hydrogens (tertiary/aromatic N) is 2. The maximum absolute atomic E-state index is 13.3. The maximum Gasteiger partial charge on any atom is 0.244 e. The predicted octanol–water partition coefficient (Wildman–Crippen LogP) is 2.39. The first kappa shape index (κ1) is 24.7. The van der Waals surface area contributed by atoms with Crippen molar-refractivity contribution in [1.29, 1.82) is 0 Å². The molecule has 0 aliphatic rings. The van der Waals surface area contributed by atoms with Gasteiger partial charge in [0.25, 0.3) is 0 Å². The lowest BCUT2D eigenvalue weighted by Gasteiger charge is -2.31. The highest BCUT2D eigenvalue weighted by atomic mass is 79.9. The zero-order valence-electron chi connectivity index (χ0n) is 17.8. The smallest absolute Gasteiger partial charge is 0.244 e. The number of sulfonamides is 1. The molecule has 0 heterocycles. The molecule has 0 aliphatic carbocycles. The van der Waals surface area contributed by atoms with Crippen LogP contribution in [0.1, 0.15) is 12.5 Å². The normalized spacial score (nSPS) is 12.0. The third kappa shape index (κ3) is 6.70. The van der Waals surface area contributed by atoms with Gasteiger partial charge in [-0.25, -0.2) is 8.42 Å². The van der Waals surface area contributed by atoms with Crippen LogP contribution in [0.3, 0.4) is 0 Å². The number of carbonyl (C=O) groups is 2. The van der Waals surface area contributed by atoms with Crippen molar-refractivity contribution in [3.8, 4) is 5.75 Å². The second-order valence-corrected chi connectivity index (χ2v) is 9.73. The van der Waals surface area contributed by atoms with Crippen LogP contribution in [0.5, 0.6) is 5.75 Å². The molecule has 2 aromatic carbocycles. The van der Waals surface area contributed by atoms with Gasteiger partial charge in [0, 0.05) is 24.1 Å². The van der Waals surface area contributed by atoms with E-state index < -0.39 is 28.5 Å². The van der Waals surface area contributed by atoms with Crippen LogP contribution in [0.25, 0.3) is 0 Å². The van der Waals surface area contributed by atoms with Crippen LogP contribution in [0.2, 0.25) is 0 Å². The molecule has 0 aliphatic heterocycles. The quantitative estimate of drug-likeness (QED) is 0.557. The Kier molecular flexibility index (Phi) is 8.46. The summed E-state index contributed by atoms with van der Waals surface area (Å²) in [6.07, 6.45) is 1.03. The lowest BCUT2D eigenvalue weighted by atomic mass is 10.1. The topological polar surface area (TPSA) is 96.0 Å². The fourth-order valence-electron chi connectivity index (χ4n) is 2.96. The number of hydrogen-bond donors (Lipinski definition) is 1. The van der Waals surface area contributed by atoms with Crippen molar-refractivity contribution in [2.24, 2.45) is 0 Å². The van der Waals surface area contributed by atoms with E-state index in [-0.39, 0.29) is 12.5 Å². The SMILES string of the molecule is CNC(=O)[C@H](C)N(Cc1ccc(Br)cc1)C(=O)CN(c1cccc(OC)c1)S(C)(=O)=O. The van der Waals surface area contributed by atoms with Gasteiger partial charge in [0.05, 0.1) is 19.1 Å². The van der Waals surface area contributed by atoms with Gasteiger partial charge in [-0.2, -0.15) is 0 Å². The summed E-state index contributed by atoms with van der Waals surface area (Å²) in [7, 11) is -0.819. The highest BCUT2D eigenvalue weighted by Crippen LogP contribution is 2.24. The van der Waals surface area contributed by atoms with Crippen LogP contribution < -0.4 is 14.4 Å². The Morgan fingerprint density at radius 2 is 1.81 bits per heavy atom. The van der Waals surface area contributed by atoms with Gasteiger partial charge in [0.15, 0.2) is 0 Å². The van der Waals surface area contributed by atoms with E-state index in [0.717, 1.165) is 20.6 Å². The molecule has 0 saturated heterocycles. The molecule has 0 bridgehead atoms. The minimum Gasteiger partial charge on any atom is -0.497 e. The lowest BCUT2D eigenvalue weighted by Crippen LogP contribution is -2.50. The Bertz CT molecular complexity index is 1030. The molecule has 2 rings (SSSR count). The molecule has 8 nitrogen and oxygen atoms in total. The Morgan fingerprint density at radius 1 is 1.16 bits per heavy atom. The van der Waals surface area contributed by atoms with Crippen LogP contribution in [-0.4, -0.2) is 58.1 Å². The molecule has 31 heavy (non-hydrogen) atoms. The van der Waals surface area contributed by atoms with Crippen molar-refractivity contribution in [2.75, 3.05) is 31.3 Å². The van der Waals surface area contributed by atoms with E-state index in [1.165, 1.54) is 25.1 Å². The summed E-state index contributed by atoms with van der Waals surface area (Å²) >= 11 is 3.37. The fraction of sp³-hybridized carbons (Fsp3) is 0.333. The van der Waals surface area contributed by atoms with Gasteiger partial charge in [0.1, 0.15) is 18.3 Å². The Morgan fingerprint density at radius 3 is 2.35 bits per heavy atom. The molecule has 0 saturated carbocycles. The Labute approximate surface area is 191 Å². The highest BCUT2D eigenvalue weighted by molar-refractivity contribution is 9.10. The van der Waals surface area contributed by atoms with Crippen molar-refractivity contribution in [3.05, 3.63) is 58.6 Å². The summed E-state index contributed by atoms with van der Waals surface area (Å²) in [6, 6.07) is 13.0. The Hall–Kier alpha value is -2.59. The number of amides is 2. The molecule has 10 heteroatoms. The molecule has 168 valence electrons. The standard InChI is InChI=1S/C21H26BrN3O5S/c1-15(21(27)23-2)24(13-16-8-10-17(22)11-9-16)20(26)14-25(31(4,28)29)18-6-5-7-19(12-18)30-3/h5-12,15H,13-14H2,1-4H3,(H,23,27)/t15-/m0/s1. The minimum atomic E-state index is -3.78. The molecule has 1 N–H and O–H groups in total. The first-order valence-electron chi connectivity index (χ1n) is 9.44. The van der Waals surface area contributed by atoms with Gasteiger partial charge in [-0.05, 0) is 36.8 Å². The summed E-state index contributed by atoms with van der Waals surface area (Å²) < 4.78 is 32.0. The van der Waals surface area contributed by atoms with Crippen LogP contribution in [-0.2, 0) is 26.2 Å². The van der Waals surface area contributed by atoms with Crippen LogP contribution in [0.4, 0.5) is 5.69 Å². The largest absolute Gasteiger partial charge is 0.497 e. The first-order valence-corrected chi connectivity index (χ1v) is 12.1. The van der Waals surface area contributed by atoms with E-state index in [1.807, 2.05) is 24.3 Å². The lowest BCUT2D eigenvalue weighted by molar-refractivity contribution is -0.139. The molecular formula is C21H26BrN3O5S. The van der Waals surface area contributed by atoms with E-state index in [9.17, 15) is 18.0 Å². The van der Waals surface area contributed by atoms with Crippen LogP contribution in [0, 0.1) is 0 Å². The molecule has 0 unspecified atom stereocenters. The molecule has 0 aromatic heterocycles. The zero-order chi connectivity index (χ0) is 23.2. The number of carbonyl (C=O) groups excluding carboxylic acids is 2. The summed E-state index contributed by atoms with van der Waals surface area (Å²) in [4.78, 5) is 26.9. The van der Waals surface area contributed by atoms with E-state index >= 15 is 0 Å². The minimum absolute atomic E-state index is 0.149. The van der Waals surface area contributed by atoms with Gasteiger partial charge in [-0.3, -0.25) is 13.9 Å². The van der Waals surface area contributed by atoms with Gasteiger partial charge < -0.3 is 15.0 Å². The van der Waals surface area contributed by atoms with Crippen molar-refractivity contribution < 1.29 is 22.7 Å². The van der Waals surface area contributed by atoms with Crippen LogP contribution in [0.15, 0.2) is 53.0 Å². The Balaban J connectivity index is 2.38. The predicted molar refractivity (Wildman–Crippen MR) is 123 cm³/mol. The number of methoxy groups -OCH3 is 1. The molecule has 0 spiro atoms. The van der Waals surface area contributed by atoms with Gasteiger partial charge in [0.2, 0.25) is 21.8 Å². The average molecular weight is 512 g/mol. The third-order valence-corrected chi connectivity index (χ3v) is 6.37. The third-order valence-electron chi connectivity index (χ3n) is 4.70. The summed E-state index contributed by atoms with van der Waals surface area (Å²) in [5.41, 5.74) is 1.10. The van der Waals surface area contributed by atoms with E-state index in [1.54, 1.807) is 25.1 Å². The highest BCUT2D eigenvalue weighted by Gasteiger charge is 2.29. The van der Waals surface area contributed by atoms with E-state index in [0.29, 0.717) is 11.4 Å². The molecule has 0 radical (unpaired) electrons. The van der Waals surface area contributed by atoms with Crippen molar-refractivity contribution in [3.63, 3.8) is 0 Å². The number of benzene rings is 2. The molecular weight excluding hydrogens is 486 g/mol. The van der Waals surface area contributed by atoms with E-state index in [4.69, 9.17) is 4.74 Å². The van der Waals surface area contributed by atoms with Crippen molar-refractivity contribution >= 4 is 43.5 Å². The van der Waals surface area contributed by atoms with E-state index in [2.05, 4.69) is 21.2 Å². The number of anilines is 1. The van der Waals surface area contributed by atoms with Gasteiger partial charge >= 0.3 is 0 Å². The monoisotopic (exact) mass is 511 g/mol. The number of halogens is 1. The van der Waals surface area contributed by atoms with Gasteiger partial charge in [-0.15, -0.1) is 0 Å². The van der Waals surface area contributed by atoms with Gasteiger partial charge in [-0.1, -0.05) is 34.1 Å². The summed E-state index contributed by atoms with van der Waals surface area (Å²) in [5, 5.41) is 2.54. The number of rotatable bonds is 9. The van der Waals surface area contributed by atoms with Crippen molar-refractivity contribution in [2.45, 2.75) is 19.5 Å². The second kappa shape index (κ2) is 10.6. The maximum atomic E-state index is 13.3. The number of nitrogens with one attached hydrogen (secondary N) is 1. The number of hydrogen-bond acceptors (Lipinski definition) is 5. The molecule has 0 fully saturated rings.